The molecule has 0 saturated heterocycles. The molecule has 4 aromatic carbocycles. The lowest BCUT2D eigenvalue weighted by Gasteiger charge is -2.11. The maximum atomic E-state index is 3.74. The molecule has 0 nitrogen and oxygen atoms in total. The zero-order valence-electron chi connectivity index (χ0n) is 11.5. The molecule has 21 heavy (non-hydrogen) atoms. The smallest absolute Gasteiger partial charge is 0.0260 e. The number of benzene rings is 4. The predicted octanol–water partition coefficient (Wildman–Crippen LogP) is 6.98. The van der Waals surface area contributed by atoms with Gasteiger partial charge in [-0.15, -0.1) is 0 Å². The molecule has 0 aliphatic carbocycles. The van der Waals surface area contributed by atoms with Gasteiger partial charge in [0.15, 0.2) is 0 Å². The average Bonchev–Trinajstić information content (AvgIpc) is 2.49. The quantitative estimate of drug-likeness (QED) is 0.280. The van der Waals surface area contributed by atoms with E-state index in [-0.39, 0.29) is 0 Å². The van der Waals surface area contributed by atoms with Crippen LogP contribution < -0.4 is 0 Å². The first-order valence-electron chi connectivity index (χ1n) is 6.85. The molecule has 4 rings (SSSR count). The Balaban J connectivity index is 2.33. The molecule has 0 bridgehead atoms. The van der Waals surface area contributed by atoms with E-state index in [2.05, 4.69) is 93.4 Å². The van der Waals surface area contributed by atoms with Crippen LogP contribution in [0.1, 0.15) is 5.56 Å². The Morgan fingerprint density at radius 2 is 1.14 bits per heavy atom. The molecule has 0 aliphatic heterocycles. The number of halogens is 2. The number of hydrogen-bond donors (Lipinski definition) is 0. The van der Waals surface area contributed by atoms with Crippen LogP contribution in [0.3, 0.4) is 0 Å². The van der Waals surface area contributed by atoms with Gasteiger partial charge in [-0.25, -0.2) is 0 Å². The van der Waals surface area contributed by atoms with Crippen LogP contribution in [0, 0.1) is 6.92 Å². The first kappa shape index (κ1) is 13.3. The number of fused-ring (bicyclic) bond motifs is 5. The summed E-state index contributed by atoms with van der Waals surface area (Å²) in [6, 6.07) is 19.6. The van der Waals surface area contributed by atoms with Crippen molar-refractivity contribution in [1.82, 2.24) is 0 Å². The lowest BCUT2D eigenvalue weighted by Crippen LogP contribution is -1.84. The van der Waals surface area contributed by atoms with Crippen molar-refractivity contribution in [2.45, 2.75) is 6.92 Å². The van der Waals surface area contributed by atoms with Crippen molar-refractivity contribution in [3.8, 4) is 0 Å². The van der Waals surface area contributed by atoms with Crippen molar-refractivity contribution >= 4 is 64.2 Å². The first-order chi connectivity index (χ1) is 10.1. The Labute approximate surface area is 140 Å². The second-order valence-corrected chi connectivity index (χ2v) is 7.12. The number of aryl methyl sites for hydroxylation is 1. The van der Waals surface area contributed by atoms with E-state index in [1.807, 2.05) is 0 Å². The second-order valence-electron chi connectivity index (χ2n) is 5.41. The van der Waals surface area contributed by atoms with Crippen molar-refractivity contribution in [3.05, 3.63) is 69.1 Å². The van der Waals surface area contributed by atoms with Crippen LogP contribution in [0.15, 0.2) is 63.5 Å². The minimum Gasteiger partial charge on any atom is -0.0616 e. The van der Waals surface area contributed by atoms with E-state index in [4.69, 9.17) is 0 Å². The molecule has 0 fully saturated rings. The fourth-order valence-corrected chi connectivity index (χ4v) is 4.16. The van der Waals surface area contributed by atoms with Crippen LogP contribution in [0.4, 0.5) is 0 Å². The summed E-state index contributed by atoms with van der Waals surface area (Å²) in [4.78, 5) is 0. The van der Waals surface area contributed by atoms with Crippen molar-refractivity contribution in [2.75, 3.05) is 0 Å². The Bertz CT molecular complexity index is 1020. The average molecular weight is 400 g/mol. The molecule has 0 heterocycles. The van der Waals surface area contributed by atoms with Gasteiger partial charge in [0.1, 0.15) is 0 Å². The highest BCUT2D eigenvalue weighted by molar-refractivity contribution is 9.11. The summed E-state index contributed by atoms with van der Waals surface area (Å²) in [7, 11) is 0. The molecule has 2 heteroatoms. The highest BCUT2D eigenvalue weighted by Gasteiger charge is 2.10. The van der Waals surface area contributed by atoms with Gasteiger partial charge in [0.25, 0.3) is 0 Å². The SMILES string of the molecule is Cc1ccc2c(c1)c(Br)cc1c3ccccc3c(Br)cc21. The van der Waals surface area contributed by atoms with Gasteiger partial charge < -0.3 is 0 Å². The highest BCUT2D eigenvalue weighted by Crippen LogP contribution is 2.39. The van der Waals surface area contributed by atoms with Gasteiger partial charge in [0.05, 0.1) is 0 Å². The van der Waals surface area contributed by atoms with Crippen molar-refractivity contribution in [2.24, 2.45) is 0 Å². The van der Waals surface area contributed by atoms with E-state index in [0.29, 0.717) is 0 Å². The molecular weight excluding hydrogens is 388 g/mol. The molecule has 0 atom stereocenters. The summed E-state index contributed by atoms with van der Waals surface area (Å²) in [5.74, 6) is 0. The van der Waals surface area contributed by atoms with Gasteiger partial charge in [-0.1, -0.05) is 79.9 Å². The second kappa shape index (κ2) is 4.82. The number of hydrogen-bond acceptors (Lipinski definition) is 0. The molecule has 102 valence electrons. The molecule has 0 saturated carbocycles. The van der Waals surface area contributed by atoms with Crippen LogP contribution in [0.5, 0.6) is 0 Å². The van der Waals surface area contributed by atoms with E-state index in [1.54, 1.807) is 0 Å². The Kier molecular flexibility index (Phi) is 3.05. The normalized spacial score (nSPS) is 11.6. The minimum atomic E-state index is 1.15. The summed E-state index contributed by atoms with van der Waals surface area (Å²) in [6.07, 6.45) is 0. The van der Waals surface area contributed by atoms with Crippen LogP contribution in [0.2, 0.25) is 0 Å². The molecule has 0 radical (unpaired) electrons. The van der Waals surface area contributed by atoms with Gasteiger partial charge in [-0.05, 0) is 51.4 Å². The van der Waals surface area contributed by atoms with Gasteiger partial charge >= 0.3 is 0 Å². The van der Waals surface area contributed by atoms with Crippen LogP contribution >= 0.6 is 31.9 Å². The van der Waals surface area contributed by atoms with Crippen LogP contribution in [-0.2, 0) is 0 Å². The zero-order chi connectivity index (χ0) is 14.6. The lowest BCUT2D eigenvalue weighted by molar-refractivity contribution is 1.51. The monoisotopic (exact) mass is 398 g/mol. The molecule has 0 N–H and O–H groups in total. The first-order valence-corrected chi connectivity index (χ1v) is 8.43. The largest absolute Gasteiger partial charge is 0.0616 e. The van der Waals surface area contributed by atoms with Crippen molar-refractivity contribution in [3.63, 3.8) is 0 Å². The molecular formula is C19H12Br2. The highest BCUT2D eigenvalue weighted by atomic mass is 79.9. The molecule has 0 aromatic heterocycles. The Hall–Kier alpha value is -1.38. The minimum absolute atomic E-state index is 1.15. The van der Waals surface area contributed by atoms with E-state index in [1.165, 1.54) is 37.9 Å². The predicted molar refractivity (Wildman–Crippen MR) is 99.1 cm³/mol. The zero-order valence-corrected chi connectivity index (χ0v) is 14.6. The molecule has 0 aliphatic rings. The summed E-state index contributed by atoms with van der Waals surface area (Å²) in [6.45, 7) is 2.13. The summed E-state index contributed by atoms with van der Waals surface area (Å²) in [5.41, 5.74) is 1.28. The fourth-order valence-electron chi connectivity index (χ4n) is 3.03. The molecule has 0 amide bonds. The third-order valence-corrected chi connectivity index (χ3v) is 5.34. The van der Waals surface area contributed by atoms with Gasteiger partial charge in [-0.3, -0.25) is 0 Å². The van der Waals surface area contributed by atoms with E-state index >= 15 is 0 Å². The molecule has 4 aromatic rings. The topological polar surface area (TPSA) is 0 Å². The fraction of sp³-hybridized carbons (Fsp3) is 0.0526. The maximum Gasteiger partial charge on any atom is 0.0260 e. The van der Waals surface area contributed by atoms with Crippen LogP contribution in [0.25, 0.3) is 32.3 Å². The van der Waals surface area contributed by atoms with Gasteiger partial charge in [0.2, 0.25) is 0 Å². The van der Waals surface area contributed by atoms with Crippen LogP contribution in [-0.4, -0.2) is 0 Å². The molecule has 0 unspecified atom stereocenters. The maximum absolute atomic E-state index is 3.74. The third-order valence-electron chi connectivity index (χ3n) is 4.03. The Morgan fingerprint density at radius 3 is 1.86 bits per heavy atom. The van der Waals surface area contributed by atoms with Crippen molar-refractivity contribution in [1.29, 1.82) is 0 Å². The number of rotatable bonds is 0. The molecule has 0 spiro atoms. The van der Waals surface area contributed by atoms with Gasteiger partial charge in [0, 0.05) is 8.95 Å². The summed E-state index contributed by atoms with van der Waals surface area (Å²) >= 11 is 7.47. The standard InChI is InChI=1S/C19H12Br2/c1-11-6-7-13-16-9-18(20)14-5-3-2-4-12(14)15(16)10-19(21)17(13)8-11/h2-10H,1H3. The Morgan fingerprint density at radius 1 is 0.571 bits per heavy atom. The van der Waals surface area contributed by atoms with E-state index in [9.17, 15) is 0 Å². The van der Waals surface area contributed by atoms with E-state index in [0.717, 1.165) is 8.95 Å². The lowest BCUT2D eigenvalue weighted by atomic mass is 9.96. The third kappa shape index (κ3) is 2.01. The van der Waals surface area contributed by atoms with E-state index < -0.39 is 0 Å². The van der Waals surface area contributed by atoms with Gasteiger partial charge in [-0.2, -0.15) is 0 Å². The summed E-state index contributed by atoms with van der Waals surface area (Å²) in [5, 5.41) is 7.67. The van der Waals surface area contributed by atoms with Crippen molar-refractivity contribution < 1.29 is 0 Å². The summed E-state index contributed by atoms with van der Waals surface area (Å²) < 4.78 is 2.30.